The number of para-hydroxylation sites is 2. The van der Waals surface area contributed by atoms with E-state index in [1.807, 2.05) is 0 Å². The van der Waals surface area contributed by atoms with Crippen LogP contribution >= 0.6 is 0 Å². The van der Waals surface area contributed by atoms with E-state index >= 15 is 0 Å². The summed E-state index contributed by atoms with van der Waals surface area (Å²) in [6.07, 6.45) is -0.732. The zero-order chi connectivity index (χ0) is 22.4. The van der Waals surface area contributed by atoms with Crippen molar-refractivity contribution in [3.8, 4) is 0 Å². The van der Waals surface area contributed by atoms with Crippen molar-refractivity contribution < 1.29 is 34.2 Å². The Hall–Kier alpha value is -3.63. The minimum Gasteiger partial charge on any atom is -0.481 e. The predicted octanol–water partition coefficient (Wildman–Crippen LogP) is 0.614. The van der Waals surface area contributed by atoms with Gasteiger partial charge in [-0.2, -0.15) is 0 Å². The molecular weight excluding hydrogens is 396 g/mol. The fourth-order valence-electron chi connectivity index (χ4n) is 2.95. The maximum Gasteiger partial charge on any atom is 0.326 e. The highest BCUT2D eigenvalue weighted by Gasteiger charge is 2.32. The van der Waals surface area contributed by atoms with Gasteiger partial charge < -0.3 is 26.2 Å². The fourth-order valence-corrected chi connectivity index (χ4v) is 2.95. The van der Waals surface area contributed by atoms with Crippen LogP contribution < -0.4 is 20.9 Å². The lowest BCUT2D eigenvalue weighted by atomic mass is 10.0. The van der Waals surface area contributed by atoms with Gasteiger partial charge in [0, 0.05) is 6.42 Å². The van der Waals surface area contributed by atoms with Crippen LogP contribution in [0.4, 0.5) is 16.2 Å². The van der Waals surface area contributed by atoms with Crippen LogP contribution in [0.15, 0.2) is 24.3 Å². The zero-order valence-corrected chi connectivity index (χ0v) is 16.5. The lowest BCUT2D eigenvalue weighted by Crippen LogP contribution is -2.57. The summed E-state index contributed by atoms with van der Waals surface area (Å²) in [6, 6.07) is 3.49. The number of hydrogen-bond donors (Lipinski definition) is 5. The summed E-state index contributed by atoms with van der Waals surface area (Å²) in [5.41, 5.74) is 0.913. The third-order valence-corrected chi connectivity index (χ3v) is 4.51. The zero-order valence-electron chi connectivity index (χ0n) is 16.5. The molecule has 11 heteroatoms. The molecule has 0 saturated heterocycles. The number of carboxylic acids is 2. The second-order valence-electron chi connectivity index (χ2n) is 7.15. The van der Waals surface area contributed by atoms with Crippen LogP contribution in [0.5, 0.6) is 0 Å². The molecule has 30 heavy (non-hydrogen) atoms. The Labute approximate surface area is 172 Å². The second-order valence-corrected chi connectivity index (χ2v) is 7.15. The number of carbonyl (C=O) groups is 5. The van der Waals surface area contributed by atoms with E-state index < -0.39 is 54.2 Å². The molecule has 0 spiro atoms. The molecule has 1 aliphatic heterocycles. The molecule has 0 aromatic heterocycles. The summed E-state index contributed by atoms with van der Waals surface area (Å²) in [6.45, 7) is 3.08. The average Bonchev–Trinajstić information content (AvgIpc) is 2.67. The second kappa shape index (κ2) is 9.72. The number of anilines is 2. The van der Waals surface area contributed by atoms with E-state index in [1.54, 1.807) is 38.1 Å². The first-order chi connectivity index (χ1) is 14.1. The lowest BCUT2D eigenvalue weighted by molar-refractivity contribution is -0.143. The summed E-state index contributed by atoms with van der Waals surface area (Å²) in [5, 5.41) is 25.4. The molecule has 0 saturated carbocycles. The summed E-state index contributed by atoms with van der Waals surface area (Å²) >= 11 is 0. The number of hydrogen-bond acceptors (Lipinski definition) is 5. The van der Waals surface area contributed by atoms with Crippen LogP contribution in [-0.4, -0.2) is 58.6 Å². The van der Waals surface area contributed by atoms with Crippen LogP contribution in [0.3, 0.4) is 0 Å². The molecule has 11 nitrogen and oxygen atoms in total. The largest absolute Gasteiger partial charge is 0.481 e. The molecule has 2 rings (SSSR count). The van der Waals surface area contributed by atoms with Gasteiger partial charge in [0.05, 0.1) is 11.4 Å². The topological polar surface area (TPSA) is 165 Å². The van der Waals surface area contributed by atoms with Crippen LogP contribution in [0.2, 0.25) is 0 Å². The van der Waals surface area contributed by atoms with Gasteiger partial charge in [-0.15, -0.1) is 0 Å². The Morgan fingerprint density at radius 2 is 1.80 bits per heavy atom. The van der Waals surface area contributed by atoms with Gasteiger partial charge in [0.15, 0.2) is 0 Å². The molecule has 5 N–H and O–H groups in total. The van der Waals surface area contributed by atoms with Gasteiger partial charge in [0.2, 0.25) is 11.8 Å². The molecular formula is C19H24N4O7. The molecule has 1 heterocycles. The number of benzene rings is 1. The van der Waals surface area contributed by atoms with E-state index in [-0.39, 0.29) is 13.0 Å². The molecule has 1 aromatic carbocycles. The van der Waals surface area contributed by atoms with Gasteiger partial charge in [0.25, 0.3) is 0 Å². The first-order valence-corrected chi connectivity index (χ1v) is 9.32. The maximum absolute atomic E-state index is 12.8. The maximum atomic E-state index is 12.8. The minimum atomic E-state index is -1.41. The smallest absolute Gasteiger partial charge is 0.326 e. The summed E-state index contributed by atoms with van der Waals surface area (Å²) in [5.74, 6) is -4.12. The van der Waals surface area contributed by atoms with Crippen LogP contribution in [-0.2, 0) is 19.2 Å². The van der Waals surface area contributed by atoms with Crippen LogP contribution in [0.1, 0.15) is 26.7 Å². The van der Waals surface area contributed by atoms with Crippen molar-refractivity contribution in [3.63, 3.8) is 0 Å². The molecule has 0 radical (unpaired) electrons. The number of carboxylic acid groups (broad SMARTS) is 2. The summed E-state index contributed by atoms with van der Waals surface area (Å²) < 4.78 is 0. The standard InChI is InChI=1S/C19H24N4O7/c1-10(2)16(17(27)21-12(18(28)29)7-8-15(25)26)22-19(30)23-9-14(24)20-11-5-3-4-6-13(11)23/h3-6,10,12,16H,7-9H2,1-2H3,(H,20,24)(H,21,27)(H,22,30)(H,25,26)(H,28,29)/t12-,16-/m0/s1. The van der Waals surface area contributed by atoms with Gasteiger partial charge in [-0.1, -0.05) is 26.0 Å². The molecule has 4 amide bonds. The highest BCUT2D eigenvalue weighted by atomic mass is 16.4. The van der Waals surface area contributed by atoms with Crippen molar-refractivity contribution in [1.82, 2.24) is 10.6 Å². The molecule has 0 unspecified atom stereocenters. The number of carbonyl (C=O) groups excluding carboxylic acids is 3. The Bertz CT molecular complexity index is 855. The lowest BCUT2D eigenvalue weighted by Gasteiger charge is -2.31. The van der Waals surface area contributed by atoms with E-state index in [4.69, 9.17) is 5.11 Å². The number of nitrogens with zero attached hydrogens (tertiary/aromatic N) is 1. The Morgan fingerprint density at radius 1 is 1.13 bits per heavy atom. The number of nitrogens with one attached hydrogen (secondary N) is 3. The van der Waals surface area contributed by atoms with Crippen molar-refractivity contribution in [2.24, 2.45) is 5.92 Å². The highest BCUT2D eigenvalue weighted by Crippen LogP contribution is 2.28. The normalized spacial score (nSPS) is 14.9. The Kier molecular flexibility index (Phi) is 7.34. The Balaban J connectivity index is 2.14. The Morgan fingerprint density at radius 3 is 2.40 bits per heavy atom. The van der Waals surface area contributed by atoms with Crippen molar-refractivity contribution in [2.45, 2.75) is 38.8 Å². The monoisotopic (exact) mass is 420 g/mol. The molecule has 1 aliphatic rings. The van der Waals surface area contributed by atoms with Gasteiger partial charge in [-0.25, -0.2) is 9.59 Å². The molecule has 0 fully saturated rings. The van der Waals surface area contributed by atoms with Gasteiger partial charge in [0.1, 0.15) is 18.6 Å². The fraction of sp³-hybridized carbons (Fsp3) is 0.421. The number of fused-ring (bicyclic) bond motifs is 1. The van der Waals surface area contributed by atoms with E-state index in [1.165, 1.54) is 4.90 Å². The third-order valence-electron chi connectivity index (χ3n) is 4.51. The first-order valence-electron chi connectivity index (χ1n) is 9.32. The molecule has 0 aliphatic carbocycles. The van der Waals surface area contributed by atoms with E-state index in [0.29, 0.717) is 11.4 Å². The highest BCUT2D eigenvalue weighted by molar-refractivity contribution is 6.10. The number of rotatable bonds is 8. The van der Waals surface area contributed by atoms with Crippen molar-refractivity contribution in [2.75, 3.05) is 16.8 Å². The summed E-state index contributed by atoms with van der Waals surface area (Å²) in [7, 11) is 0. The number of urea groups is 1. The quantitative estimate of drug-likeness (QED) is 0.411. The van der Waals surface area contributed by atoms with E-state index in [2.05, 4.69) is 16.0 Å². The molecule has 0 bridgehead atoms. The molecule has 1 aromatic rings. The molecule has 2 atom stereocenters. The van der Waals surface area contributed by atoms with Crippen molar-refractivity contribution >= 4 is 41.2 Å². The minimum absolute atomic E-state index is 0.244. The van der Waals surface area contributed by atoms with Crippen molar-refractivity contribution in [3.05, 3.63) is 24.3 Å². The van der Waals surface area contributed by atoms with E-state index in [9.17, 15) is 29.1 Å². The van der Waals surface area contributed by atoms with Crippen LogP contribution in [0, 0.1) is 5.92 Å². The third kappa shape index (κ3) is 5.69. The average molecular weight is 420 g/mol. The summed E-state index contributed by atoms with van der Waals surface area (Å²) in [4.78, 5) is 60.6. The number of aliphatic carboxylic acids is 2. The van der Waals surface area contributed by atoms with Crippen molar-refractivity contribution in [1.29, 1.82) is 0 Å². The van der Waals surface area contributed by atoms with Gasteiger partial charge in [-0.3, -0.25) is 19.3 Å². The van der Waals surface area contributed by atoms with Crippen LogP contribution in [0.25, 0.3) is 0 Å². The van der Waals surface area contributed by atoms with Gasteiger partial charge in [-0.05, 0) is 24.5 Å². The van der Waals surface area contributed by atoms with Gasteiger partial charge >= 0.3 is 18.0 Å². The van der Waals surface area contributed by atoms with E-state index in [0.717, 1.165) is 0 Å². The number of amides is 4. The first kappa shape index (κ1) is 22.7. The molecule has 162 valence electrons. The SMILES string of the molecule is CC(C)[C@H](NC(=O)N1CC(=O)Nc2ccccc21)C(=O)N[C@@H](CCC(=O)O)C(=O)O. The predicted molar refractivity (Wildman–Crippen MR) is 106 cm³/mol.